The van der Waals surface area contributed by atoms with Gasteiger partial charge in [-0.3, -0.25) is 15.4 Å². The van der Waals surface area contributed by atoms with E-state index in [9.17, 15) is 56.1 Å². The number of hydrogen-bond acceptors (Lipinski definition) is 17. The zero-order chi connectivity index (χ0) is 33.1. The van der Waals surface area contributed by atoms with Crippen molar-refractivity contribution in [3.8, 4) is 0 Å². The minimum absolute atomic E-state index is 0.0373. The Balaban J connectivity index is 1.31. The number of nitrogens with zero attached hydrogens (tertiary/aromatic N) is 1. The van der Waals surface area contributed by atoms with E-state index in [0.29, 0.717) is 64.3 Å². The highest BCUT2D eigenvalue weighted by atomic mass is 16.7. The number of aliphatic hydroxyl groups excluding tert-OH is 9. The summed E-state index contributed by atoms with van der Waals surface area (Å²) in [5.41, 5.74) is 0. The molecule has 3 rings (SSSR count). The maximum Gasteiger partial charge on any atom is 0.213 e. The highest BCUT2D eigenvalue weighted by Gasteiger charge is 2.50. The van der Waals surface area contributed by atoms with E-state index >= 15 is 0 Å². The molecule has 3 aliphatic rings. The van der Waals surface area contributed by atoms with Crippen LogP contribution in [0, 0.1) is 10.1 Å². The summed E-state index contributed by atoms with van der Waals surface area (Å²) in [6.45, 7) is -0.994. The molecule has 0 amide bonds. The van der Waals surface area contributed by atoms with Crippen molar-refractivity contribution >= 4 is 0 Å². The molecule has 18 nitrogen and oxygen atoms in total. The molecule has 0 aromatic heterocycles. The second kappa shape index (κ2) is 19.0. The lowest BCUT2D eigenvalue weighted by Gasteiger charge is -2.45. The molecule has 10 N–H and O–H groups in total. The van der Waals surface area contributed by atoms with Gasteiger partial charge in [0.05, 0.1) is 25.9 Å². The second-order valence-corrected chi connectivity index (χ2v) is 11.8. The van der Waals surface area contributed by atoms with Gasteiger partial charge in [0, 0.05) is 17.8 Å². The molecule has 2 aliphatic heterocycles. The van der Waals surface area contributed by atoms with E-state index in [1.165, 1.54) is 0 Å². The number of ether oxygens (including phenoxy) is 5. The van der Waals surface area contributed by atoms with Gasteiger partial charge in [0.1, 0.15) is 55.1 Å². The molecule has 0 aromatic carbocycles. The molecule has 0 radical (unpaired) electrons. The third-order valence-corrected chi connectivity index (χ3v) is 8.41. The molecule has 264 valence electrons. The van der Waals surface area contributed by atoms with Crippen molar-refractivity contribution in [2.24, 2.45) is 0 Å². The summed E-state index contributed by atoms with van der Waals surface area (Å²) in [5, 5.41) is 105. The topological polar surface area (TPSA) is 283 Å². The maximum atomic E-state index is 10.8. The highest BCUT2D eigenvalue weighted by Crippen LogP contribution is 2.30. The molecule has 12 atom stereocenters. The molecule has 18 heteroatoms. The summed E-state index contributed by atoms with van der Waals surface area (Å²) in [6, 6.07) is -0.539. The van der Waals surface area contributed by atoms with E-state index in [1.807, 2.05) is 0 Å². The largest absolute Gasteiger partial charge is 0.394 e. The first-order chi connectivity index (χ1) is 21.5. The van der Waals surface area contributed by atoms with Crippen molar-refractivity contribution in [3.63, 3.8) is 0 Å². The number of aliphatic hydroxyl groups is 9. The molecular weight excluding hydrogens is 608 g/mol. The van der Waals surface area contributed by atoms with Gasteiger partial charge in [-0.05, 0) is 51.5 Å². The van der Waals surface area contributed by atoms with Crippen molar-refractivity contribution in [1.29, 1.82) is 0 Å². The Morgan fingerprint density at radius 3 is 2.07 bits per heavy atom. The van der Waals surface area contributed by atoms with Crippen molar-refractivity contribution < 1.29 is 74.6 Å². The third kappa shape index (κ3) is 11.2. The molecule has 1 saturated carbocycles. The second-order valence-electron chi connectivity index (χ2n) is 11.8. The molecule has 0 spiro atoms. The van der Waals surface area contributed by atoms with Gasteiger partial charge < -0.3 is 69.6 Å². The summed E-state index contributed by atoms with van der Waals surface area (Å²) < 4.78 is 27.5. The van der Waals surface area contributed by atoms with Crippen molar-refractivity contribution in [3.05, 3.63) is 10.1 Å². The average molecular weight is 659 g/mol. The summed E-state index contributed by atoms with van der Waals surface area (Å²) >= 11 is 0. The van der Waals surface area contributed by atoms with Gasteiger partial charge in [-0.25, -0.2) is 0 Å². The molecular formula is C27H50N2O16. The van der Waals surface area contributed by atoms with E-state index in [-0.39, 0.29) is 17.6 Å². The molecule has 2 heterocycles. The molecule has 7 unspecified atom stereocenters. The Hall–Kier alpha value is -1.20. The fourth-order valence-corrected chi connectivity index (χ4v) is 5.67. The lowest BCUT2D eigenvalue weighted by atomic mass is 9.93. The van der Waals surface area contributed by atoms with Crippen LogP contribution >= 0.6 is 0 Å². The van der Waals surface area contributed by atoms with Crippen LogP contribution in [0.1, 0.15) is 57.8 Å². The van der Waals surface area contributed by atoms with Crippen molar-refractivity contribution in [2.75, 3.05) is 26.4 Å². The zero-order valence-electron chi connectivity index (χ0n) is 25.1. The van der Waals surface area contributed by atoms with E-state index in [2.05, 4.69) is 5.32 Å². The van der Waals surface area contributed by atoms with Crippen LogP contribution in [0.15, 0.2) is 0 Å². The van der Waals surface area contributed by atoms with Crippen LogP contribution in [0.3, 0.4) is 0 Å². The van der Waals surface area contributed by atoms with Gasteiger partial charge in [-0.2, -0.15) is 0 Å². The number of nitro groups is 1. The first kappa shape index (κ1) is 38.2. The predicted octanol–water partition coefficient (Wildman–Crippen LogP) is -3.59. The number of rotatable bonds is 18. The molecule has 3 fully saturated rings. The lowest BCUT2D eigenvalue weighted by Crippen LogP contribution is -2.64. The SMILES string of the molecule is O=[N+]([O-])C1CCC(OC(O)CCCC[C@@H](O)NCCCO[C@@H]2OC(CO)[C@H](O)C(O[C@H]3OC(CO)[C@H](O)C(O)C3O)C2O)CC1. The van der Waals surface area contributed by atoms with Crippen LogP contribution in [0.2, 0.25) is 0 Å². The molecule has 0 bridgehead atoms. The van der Waals surface area contributed by atoms with E-state index in [0.717, 1.165) is 0 Å². The minimum Gasteiger partial charge on any atom is -0.394 e. The monoisotopic (exact) mass is 658 g/mol. The number of nitrogens with one attached hydrogen (secondary N) is 1. The summed E-state index contributed by atoms with van der Waals surface area (Å²) in [7, 11) is 0. The Bertz CT molecular complexity index is 852. The first-order valence-electron chi connectivity index (χ1n) is 15.5. The third-order valence-electron chi connectivity index (χ3n) is 8.41. The van der Waals surface area contributed by atoms with Gasteiger partial charge in [-0.15, -0.1) is 0 Å². The van der Waals surface area contributed by atoms with Crippen LogP contribution in [-0.2, 0) is 23.7 Å². The first-order valence-corrected chi connectivity index (χ1v) is 15.5. The lowest BCUT2D eigenvalue weighted by molar-refractivity contribution is -0.527. The van der Waals surface area contributed by atoms with Gasteiger partial charge in [0.25, 0.3) is 0 Å². The Labute approximate surface area is 260 Å². The Morgan fingerprint density at radius 1 is 0.800 bits per heavy atom. The van der Waals surface area contributed by atoms with E-state index in [1.54, 1.807) is 0 Å². The summed E-state index contributed by atoms with van der Waals surface area (Å²) in [6.07, 6.45) is -13.0. The van der Waals surface area contributed by atoms with Gasteiger partial charge >= 0.3 is 0 Å². The van der Waals surface area contributed by atoms with Crippen LogP contribution in [0.5, 0.6) is 0 Å². The quantitative estimate of drug-likeness (QED) is 0.0295. The molecule has 0 aromatic rings. The average Bonchev–Trinajstić information content (AvgIpc) is 3.02. The van der Waals surface area contributed by atoms with Crippen LogP contribution < -0.4 is 5.32 Å². The van der Waals surface area contributed by atoms with Crippen LogP contribution in [-0.4, -0.2) is 163 Å². The van der Waals surface area contributed by atoms with Crippen molar-refractivity contribution in [1.82, 2.24) is 5.32 Å². The van der Waals surface area contributed by atoms with E-state index < -0.39 is 93.2 Å². The summed E-state index contributed by atoms with van der Waals surface area (Å²) in [5.74, 6) is 0. The Morgan fingerprint density at radius 2 is 1.42 bits per heavy atom. The Kier molecular flexibility index (Phi) is 16.1. The van der Waals surface area contributed by atoms with Gasteiger partial charge in [0.2, 0.25) is 6.04 Å². The standard InChI is InChI=1S/C27H50N2O16/c30-12-16-20(34)22(36)23(37)27(44-16)45-25-21(35)17(13-31)43-26(24(25)38)41-11-3-10-28-18(32)4-1-2-5-19(33)42-15-8-6-14(7-9-15)29(39)40/h14-28,30-38H,1-13H2/t14?,15?,16?,17?,18-,19?,20+,21+,22?,23?,24?,25?,26-,27-/m1/s1. The smallest absolute Gasteiger partial charge is 0.213 e. The fourth-order valence-electron chi connectivity index (χ4n) is 5.67. The highest BCUT2D eigenvalue weighted by molar-refractivity contribution is 4.94. The normalized spacial score (nSPS) is 39.0. The van der Waals surface area contributed by atoms with Gasteiger partial charge in [0.15, 0.2) is 18.9 Å². The number of hydrogen-bond donors (Lipinski definition) is 10. The minimum atomic E-state index is -1.78. The molecule has 45 heavy (non-hydrogen) atoms. The van der Waals surface area contributed by atoms with Gasteiger partial charge in [-0.1, -0.05) is 0 Å². The van der Waals surface area contributed by atoms with E-state index in [4.69, 9.17) is 23.7 Å². The predicted molar refractivity (Wildman–Crippen MR) is 150 cm³/mol. The molecule has 2 saturated heterocycles. The summed E-state index contributed by atoms with van der Waals surface area (Å²) in [4.78, 5) is 10.6. The molecule has 1 aliphatic carbocycles. The fraction of sp³-hybridized carbons (Fsp3) is 1.00. The van der Waals surface area contributed by atoms with Crippen molar-refractivity contribution in [2.45, 2.75) is 144 Å². The number of unbranched alkanes of at least 4 members (excludes halogenated alkanes) is 1. The zero-order valence-corrected chi connectivity index (χ0v) is 25.1. The van der Waals surface area contributed by atoms with Crippen LogP contribution in [0.4, 0.5) is 0 Å². The van der Waals surface area contributed by atoms with Crippen LogP contribution in [0.25, 0.3) is 0 Å². The maximum absolute atomic E-state index is 10.8.